The highest BCUT2D eigenvalue weighted by molar-refractivity contribution is 6.03. The van der Waals surface area contributed by atoms with Gasteiger partial charge in [-0.2, -0.15) is 13.2 Å². The number of nitrogens with zero attached hydrogens (tertiary/aromatic N) is 1. The van der Waals surface area contributed by atoms with Gasteiger partial charge in [0.15, 0.2) is 0 Å². The fourth-order valence-corrected chi connectivity index (χ4v) is 12.0. The number of nitrogens with two attached hydrogens (primary N) is 1. The summed E-state index contributed by atoms with van der Waals surface area (Å²) in [5.74, 6) is -18.0. The minimum absolute atomic E-state index is 0.0355. The van der Waals surface area contributed by atoms with E-state index >= 15 is 9.59 Å². The zero-order valence-corrected chi connectivity index (χ0v) is 68.2. The number of likely N-dealkylation sites (tertiary alicyclic amines) is 1. The maximum atomic E-state index is 15.0. The zero-order chi connectivity index (χ0) is 85.5. The summed E-state index contributed by atoms with van der Waals surface area (Å²) in [4.78, 5) is 211. The minimum Gasteiger partial charge on any atom is -0.475 e. The number of aliphatic hydroxyl groups is 1. The van der Waals surface area contributed by atoms with Gasteiger partial charge in [0.2, 0.25) is 70.9 Å². The molecule has 0 unspecified atom stereocenters. The molecular formula is C77H125F3N14O18. The second-order valence-electron chi connectivity index (χ2n) is 30.8. The SMILES string of the molecule is C/C=C1\NC(=O)[C@H](Cc2ccccc2)NC(=O)[C@@H](C(C)C)NC(=O)[C@@H]([C@@H](C)CC)NC(=O)[C@@H](NC(=O)[C@H](NC(=O)[C@H](CCCN)NC(=O)[C@H]2CCCN2C(=O)[C@@H](NC(=O)[C@@H](NC(=O)[C@@H](NC(=O)[C@H](NC(=O)CC[C@@H](C)CC)C(C)C)[C@H](C)O)C(C)C)C(C)C)[C@@H](C)CC)[C@@H](C)OC(=O)[C@H](C(C)C)NC1=O.O=C(O)C(F)(F)F. The molecule has 1 aromatic carbocycles. The smallest absolute Gasteiger partial charge is 0.475 e. The summed E-state index contributed by atoms with van der Waals surface area (Å²) in [6.07, 6.45) is -4.00. The van der Waals surface area contributed by atoms with Crippen molar-refractivity contribution >= 4 is 88.7 Å². The lowest BCUT2D eigenvalue weighted by Gasteiger charge is -2.33. The predicted molar refractivity (Wildman–Crippen MR) is 409 cm³/mol. The molecule has 35 heteroatoms. The molecule has 0 saturated carbocycles. The maximum absolute atomic E-state index is 15.0. The first-order valence-electron chi connectivity index (χ1n) is 38.8. The van der Waals surface area contributed by atoms with E-state index in [4.69, 9.17) is 20.4 Å². The molecular weight excluding hydrogens is 1470 g/mol. The van der Waals surface area contributed by atoms with Gasteiger partial charge in [-0.15, -0.1) is 0 Å². The number of carboxylic acids is 1. The van der Waals surface area contributed by atoms with E-state index in [0.717, 1.165) is 6.42 Å². The molecule has 2 saturated heterocycles. The third-order valence-corrected chi connectivity index (χ3v) is 19.9. The summed E-state index contributed by atoms with van der Waals surface area (Å²) < 4.78 is 37.7. The summed E-state index contributed by atoms with van der Waals surface area (Å²) in [6.45, 7) is 31.7. The van der Waals surface area contributed by atoms with Crippen molar-refractivity contribution in [3.63, 3.8) is 0 Å². The maximum Gasteiger partial charge on any atom is 0.490 e. The monoisotopic (exact) mass is 1590 g/mol. The van der Waals surface area contributed by atoms with E-state index in [1.807, 2.05) is 13.8 Å². The van der Waals surface area contributed by atoms with Gasteiger partial charge in [0.25, 0.3) is 5.91 Å². The number of carbonyl (C=O) groups is 15. The number of carbonyl (C=O) groups excluding carboxylic acids is 14. The Labute approximate surface area is 655 Å². The van der Waals surface area contributed by atoms with Crippen molar-refractivity contribution in [3.05, 3.63) is 47.7 Å². The van der Waals surface area contributed by atoms with Crippen molar-refractivity contribution < 1.29 is 100 Å². The topological polar surface area (TPSA) is 479 Å². The third-order valence-electron chi connectivity index (χ3n) is 19.9. The fraction of sp³-hybridized carbons (Fsp3) is 0.701. The molecule has 2 aliphatic heterocycles. The number of amides is 13. The Bertz CT molecular complexity index is 3390. The number of nitrogens with one attached hydrogen (secondary N) is 12. The first-order valence-corrected chi connectivity index (χ1v) is 38.8. The number of esters is 1. The lowest BCUT2D eigenvalue weighted by Crippen LogP contribution is -2.64. The predicted octanol–water partition coefficient (Wildman–Crippen LogP) is 2.47. The second-order valence-corrected chi connectivity index (χ2v) is 30.8. The number of benzene rings is 1. The van der Waals surface area contributed by atoms with Crippen LogP contribution in [0.4, 0.5) is 13.2 Å². The standard InChI is InChI=1S/C75H124N14O16.C2HF3O2/c1-20-43(15)33-34-53(91)80-54(38(5)6)68(97)87-61(46(18)90)72(101)82-56(40(9)10)69(98)83-57(41(11)12)74(103)89-36-28-32-52(89)66(95)78-50(31-27-35-76)64(93)85-59(44(16)21-2)71(100)88-62-47(19)105-75(104)58(42(13)14)84-63(92)49(23-4)77-65(94)51(37-48-29-25-24-26-30-48)79-67(96)55(39(7)8)81-70(99)60(45(17)22-3)86-73(62)102;3-2(4,5)1(6)7/h23-26,29-30,38-47,50-52,54-62,90H,20-22,27-28,31-37,76H2,1-19H3,(H,77,94)(H,78,95)(H,79,96)(H,80,91)(H,81,99)(H,82,101)(H,83,98)(H,84,92)(H,85,93)(H,86,102)(H,87,97)(H,88,100);(H,6,7)/b49-23-;/t43-,44-,45-,46-,47+,50-,51-,52+,54+,55+,56-,57-,58-,59+,60+,61-,62-;/m0./s1. The molecule has 632 valence electrons. The van der Waals surface area contributed by atoms with Crippen molar-refractivity contribution in [2.24, 2.45) is 53.1 Å². The van der Waals surface area contributed by atoms with E-state index in [1.54, 1.807) is 127 Å². The van der Waals surface area contributed by atoms with Crippen molar-refractivity contribution in [2.75, 3.05) is 13.1 Å². The third kappa shape index (κ3) is 31.0. The van der Waals surface area contributed by atoms with Gasteiger partial charge < -0.3 is 89.4 Å². The molecule has 0 bridgehead atoms. The fourth-order valence-electron chi connectivity index (χ4n) is 12.0. The molecule has 0 aromatic heterocycles. The Morgan fingerprint density at radius 3 is 1.64 bits per heavy atom. The summed E-state index contributed by atoms with van der Waals surface area (Å²) >= 11 is 0. The molecule has 2 fully saturated rings. The Balaban J connectivity index is 0.00000578. The van der Waals surface area contributed by atoms with Gasteiger partial charge in [-0.3, -0.25) is 62.3 Å². The number of ether oxygens (including phenoxy) is 1. The highest BCUT2D eigenvalue weighted by Crippen LogP contribution is 2.24. The number of aliphatic hydroxyl groups excluding tert-OH is 1. The lowest BCUT2D eigenvalue weighted by molar-refractivity contribution is -0.192. The van der Waals surface area contributed by atoms with Gasteiger partial charge in [0.1, 0.15) is 84.3 Å². The molecule has 0 aliphatic carbocycles. The molecule has 1 aromatic rings. The van der Waals surface area contributed by atoms with Crippen LogP contribution in [0.15, 0.2) is 42.1 Å². The molecule has 0 spiro atoms. The van der Waals surface area contributed by atoms with Crippen molar-refractivity contribution in [3.8, 4) is 0 Å². The van der Waals surface area contributed by atoms with E-state index in [2.05, 4.69) is 63.8 Å². The van der Waals surface area contributed by atoms with Crippen molar-refractivity contribution in [2.45, 2.75) is 287 Å². The Morgan fingerprint density at radius 1 is 0.625 bits per heavy atom. The van der Waals surface area contributed by atoms with E-state index in [-0.39, 0.29) is 69.1 Å². The molecule has 17 atom stereocenters. The summed E-state index contributed by atoms with van der Waals surface area (Å²) in [7, 11) is 0. The number of carboxylic acid groups (broad SMARTS) is 1. The number of allylic oxidation sites excluding steroid dienone is 1. The molecule has 112 heavy (non-hydrogen) atoms. The van der Waals surface area contributed by atoms with Gasteiger partial charge >= 0.3 is 18.1 Å². The van der Waals surface area contributed by atoms with Crippen LogP contribution < -0.4 is 69.5 Å². The van der Waals surface area contributed by atoms with Crippen molar-refractivity contribution in [1.82, 2.24) is 68.7 Å². The van der Waals surface area contributed by atoms with Crippen LogP contribution in [-0.2, 0) is 83.1 Å². The summed E-state index contributed by atoms with van der Waals surface area (Å²) in [5.41, 5.74) is 6.34. The van der Waals surface area contributed by atoms with E-state index in [0.29, 0.717) is 24.8 Å². The van der Waals surface area contributed by atoms with Crippen LogP contribution in [0.1, 0.15) is 195 Å². The molecule has 3 rings (SSSR count). The number of cyclic esters (lactones) is 1. The van der Waals surface area contributed by atoms with E-state index in [1.165, 1.54) is 31.7 Å². The average Bonchev–Trinajstić information content (AvgIpc) is 1.46. The van der Waals surface area contributed by atoms with Gasteiger partial charge in [-0.1, -0.05) is 166 Å². The van der Waals surface area contributed by atoms with Gasteiger partial charge in [0.05, 0.1) is 6.10 Å². The number of alkyl halides is 3. The molecule has 0 radical (unpaired) electrons. The van der Waals surface area contributed by atoms with Crippen LogP contribution in [-0.4, -0.2) is 208 Å². The second kappa shape index (κ2) is 47.3. The summed E-state index contributed by atoms with van der Waals surface area (Å²) in [5, 5.41) is 50.3. The van der Waals surface area contributed by atoms with Crippen LogP contribution in [0, 0.1) is 47.3 Å². The molecule has 16 N–H and O–H groups in total. The van der Waals surface area contributed by atoms with Gasteiger partial charge in [0, 0.05) is 19.4 Å². The quantitative estimate of drug-likeness (QED) is 0.0355. The number of hydrogen-bond acceptors (Lipinski definition) is 18. The molecule has 2 aliphatic rings. The number of hydrogen-bond donors (Lipinski definition) is 15. The molecule has 13 amide bonds. The van der Waals surface area contributed by atoms with Gasteiger partial charge in [-0.25, -0.2) is 9.59 Å². The Hall–Kier alpha value is -9.28. The minimum atomic E-state index is -5.08. The summed E-state index contributed by atoms with van der Waals surface area (Å²) in [6, 6.07) is -7.67. The first-order chi connectivity index (χ1) is 52.2. The highest BCUT2D eigenvalue weighted by atomic mass is 19.4. The highest BCUT2D eigenvalue weighted by Gasteiger charge is 2.45. The number of halogens is 3. The lowest BCUT2D eigenvalue weighted by atomic mass is 9.95. The molecule has 32 nitrogen and oxygen atoms in total. The van der Waals surface area contributed by atoms with Crippen LogP contribution in [0.3, 0.4) is 0 Å². The van der Waals surface area contributed by atoms with Gasteiger partial charge in [-0.05, 0) is 112 Å². The Morgan fingerprint density at radius 2 is 1.14 bits per heavy atom. The normalized spacial score (nSPS) is 22.1. The van der Waals surface area contributed by atoms with Crippen LogP contribution in [0.25, 0.3) is 0 Å². The van der Waals surface area contributed by atoms with E-state index < -0.39 is 215 Å². The van der Waals surface area contributed by atoms with Crippen molar-refractivity contribution in [1.29, 1.82) is 0 Å². The van der Waals surface area contributed by atoms with E-state index in [9.17, 15) is 75.8 Å². The Kier molecular flexibility index (Phi) is 41.7. The largest absolute Gasteiger partial charge is 0.490 e. The van der Waals surface area contributed by atoms with Crippen LogP contribution >= 0.6 is 0 Å². The number of rotatable bonds is 33. The average molecular weight is 1590 g/mol. The number of aliphatic carboxylic acids is 1. The zero-order valence-electron chi connectivity index (χ0n) is 68.2. The van der Waals surface area contributed by atoms with Crippen LogP contribution in [0.2, 0.25) is 0 Å². The first kappa shape index (κ1) is 98.8. The molecule has 2 heterocycles. The van der Waals surface area contributed by atoms with Crippen LogP contribution in [0.5, 0.6) is 0 Å².